The van der Waals surface area contributed by atoms with Gasteiger partial charge in [0.1, 0.15) is 5.82 Å². The molecule has 4 nitrogen and oxygen atoms in total. The van der Waals surface area contributed by atoms with Gasteiger partial charge in [0.2, 0.25) is 0 Å². The molecule has 0 aliphatic heterocycles. The number of rotatable bonds is 4. The van der Waals surface area contributed by atoms with Crippen molar-refractivity contribution < 1.29 is 0 Å². The lowest BCUT2D eigenvalue weighted by Gasteiger charge is -1.97. The molecule has 0 saturated heterocycles. The van der Waals surface area contributed by atoms with Gasteiger partial charge in [-0.1, -0.05) is 6.92 Å². The number of thiazole rings is 1. The lowest BCUT2D eigenvalue weighted by atomic mass is 10.4. The van der Waals surface area contributed by atoms with E-state index in [1.165, 1.54) is 4.88 Å². The summed E-state index contributed by atoms with van der Waals surface area (Å²) in [6.07, 6.45) is 6.52. The van der Waals surface area contributed by atoms with E-state index in [4.69, 9.17) is 0 Å². The number of anilines is 1. The largest absolute Gasteiger partial charge is 0.354 e. The summed E-state index contributed by atoms with van der Waals surface area (Å²) in [6.45, 7) is 2.83. The Kier molecular flexibility index (Phi) is 2.78. The third kappa shape index (κ3) is 2.11. The lowest BCUT2D eigenvalue weighted by Crippen LogP contribution is -2.00. The van der Waals surface area contributed by atoms with Gasteiger partial charge in [-0.3, -0.25) is 0 Å². The van der Waals surface area contributed by atoms with Crippen molar-refractivity contribution >= 4 is 16.5 Å². The first-order valence-electron chi connectivity index (χ1n) is 4.55. The van der Waals surface area contributed by atoms with E-state index in [0.717, 1.165) is 17.4 Å². The Hall–Kier alpha value is -1.36. The fourth-order valence-electron chi connectivity index (χ4n) is 1.11. The van der Waals surface area contributed by atoms with Crippen LogP contribution in [-0.2, 0) is 13.0 Å². The van der Waals surface area contributed by atoms with Crippen LogP contribution >= 0.6 is 11.3 Å². The molecule has 2 N–H and O–H groups in total. The molecule has 0 aromatic carbocycles. The van der Waals surface area contributed by atoms with E-state index in [0.29, 0.717) is 6.54 Å². The summed E-state index contributed by atoms with van der Waals surface area (Å²) in [6, 6.07) is 0. The SMILES string of the molecule is CCc1cnc(NCc2ncc[nH]2)s1. The second kappa shape index (κ2) is 4.23. The quantitative estimate of drug-likeness (QED) is 0.808. The lowest BCUT2D eigenvalue weighted by molar-refractivity contribution is 0.996. The minimum absolute atomic E-state index is 0.698. The Morgan fingerprint density at radius 1 is 1.50 bits per heavy atom. The molecule has 14 heavy (non-hydrogen) atoms. The average Bonchev–Trinajstić information content (AvgIpc) is 2.86. The zero-order chi connectivity index (χ0) is 9.80. The summed E-state index contributed by atoms with van der Waals surface area (Å²) in [5, 5.41) is 4.17. The molecule has 0 saturated carbocycles. The van der Waals surface area contributed by atoms with Crippen LogP contribution in [0.5, 0.6) is 0 Å². The van der Waals surface area contributed by atoms with Gasteiger partial charge >= 0.3 is 0 Å². The molecule has 2 aromatic rings. The predicted molar refractivity (Wildman–Crippen MR) is 57.4 cm³/mol. The minimum atomic E-state index is 0.698. The first kappa shape index (κ1) is 9.21. The predicted octanol–water partition coefficient (Wildman–Crippen LogP) is 2.04. The number of imidazole rings is 1. The molecule has 2 heterocycles. The Labute approximate surface area is 86.4 Å². The van der Waals surface area contributed by atoms with Crippen molar-refractivity contribution in [2.75, 3.05) is 5.32 Å². The van der Waals surface area contributed by atoms with Crippen molar-refractivity contribution in [2.24, 2.45) is 0 Å². The molecule has 5 heteroatoms. The number of aryl methyl sites for hydroxylation is 1. The van der Waals surface area contributed by atoms with E-state index in [1.807, 2.05) is 12.4 Å². The average molecular weight is 208 g/mol. The van der Waals surface area contributed by atoms with Crippen molar-refractivity contribution in [2.45, 2.75) is 19.9 Å². The molecule has 0 unspecified atom stereocenters. The van der Waals surface area contributed by atoms with Crippen LogP contribution in [0.2, 0.25) is 0 Å². The van der Waals surface area contributed by atoms with Crippen molar-refractivity contribution in [3.8, 4) is 0 Å². The Balaban J connectivity index is 1.92. The van der Waals surface area contributed by atoms with Gasteiger partial charge in [0.15, 0.2) is 5.13 Å². The number of aromatic nitrogens is 3. The van der Waals surface area contributed by atoms with Crippen LogP contribution in [0.4, 0.5) is 5.13 Å². The standard InChI is InChI=1S/C9H12N4S/c1-2-7-5-12-9(14-7)13-6-8-10-3-4-11-8/h3-5H,2,6H2,1H3,(H,10,11)(H,12,13). The summed E-state index contributed by atoms with van der Waals surface area (Å²) in [4.78, 5) is 12.7. The monoisotopic (exact) mass is 208 g/mol. The molecule has 2 aromatic heterocycles. The third-order valence-electron chi connectivity index (χ3n) is 1.86. The van der Waals surface area contributed by atoms with Crippen LogP contribution in [0.25, 0.3) is 0 Å². The highest BCUT2D eigenvalue weighted by atomic mass is 32.1. The van der Waals surface area contributed by atoms with Gasteiger partial charge in [-0.15, -0.1) is 11.3 Å². The second-order valence-corrected chi connectivity index (χ2v) is 3.99. The summed E-state index contributed by atoms with van der Waals surface area (Å²) in [5.41, 5.74) is 0. The van der Waals surface area contributed by atoms with Gasteiger partial charge < -0.3 is 10.3 Å². The molecule has 0 fully saturated rings. The summed E-state index contributed by atoms with van der Waals surface area (Å²) < 4.78 is 0. The molecule has 0 spiro atoms. The van der Waals surface area contributed by atoms with Crippen LogP contribution in [0, 0.1) is 0 Å². The molecule has 0 aliphatic rings. The molecule has 2 rings (SSSR count). The van der Waals surface area contributed by atoms with Gasteiger partial charge in [0.25, 0.3) is 0 Å². The smallest absolute Gasteiger partial charge is 0.183 e. The summed E-state index contributed by atoms with van der Waals surface area (Å²) in [7, 11) is 0. The zero-order valence-electron chi connectivity index (χ0n) is 7.95. The van der Waals surface area contributed by atoms with Crippen LogP contribution in [0.3, 0.4) is 0 Å². The first-order chi connectivity index (χ1) is 6.88. The highest BCUT2D eigenvalue weighted by Gasteiger charge is 2.00. The zero-order valence-corrected chi connectivity index (χ0v) is 8.77. The molecule has 0 bridgehead atoms. The first-order valence-corrected chi connectivity index (χ1v) is 5.37. The van der Waals surface area contributed by atoms with Crippen molar-refractivity contribution in [3.05, 3.63) is 29.3 Å². The van der Waals surface area contributed by atoms with Crippen LogP contribution in [0.1, 0.15) is 17.6 Å². The van der Waals surface area contributed by atoms with Gasteiger partial charge in [-0.25, -0.2) is 9.97 Å². The fourth-order valence-corrected chi connectivity index (χ4v) is 1.85. The van der Waals surface area contributed by atoms with E-state index in [1.54, 1.807) is 17.5 Å². The maximum Gasteiger partial charge on any atom is 0.183 e. The number of aromatic amines is 1. The van der Waals surface area contributed by atoms with Gasteiger partial charge in [-0.05, 0) is 6.42 Å². The van der Waals surface area contributed by atoms with Crippen LogP contribution < -0.4 is 5.32 Å². The Bertz CT molecular complexity index is 379. The minimum Gasteiger partial charge on any atom is -0.354 e. The third-order valence-corrected chi connectivity index (χ3v) is 2.96. The number of nitrogens with zero attached hydrogens (tertiary/aromatic N) is 2. The van der Waals surface area contributed by atoms with E-state index < -0.39 is 0 Å². The fraction of sp³-hybridized carbons (Fsp3) is 0.333. The highest BCUT2D eigenvalue weighted by Crippen LogP contribution is 2.18. The maximum atomic E-state index is 4.25. The highest BCUT2D eigenvalue weighted by molar-refractivity contribution is 7.15. The molecule has 0 amide bonds. The van der Waals surface area contributed by atoms with Crippen molar-refractivity contribution in [1.82, 2.24) is 15.0 Å². The van der Waals surface area contributed by atoms with Crippen molar-refractivity contribution in [1.29, 1.82) is 0 Å². The topological polar surface area (TPSA) is 53.6 Å². The number of hydrogen-bond donors (Lipinski definition) is 2. The van der Waals surface area contributed by atoms with E-state index >= 15 is 0 Å². The van der Waals surface area contributed by atoms with E-state index in [-0.39, 0.29) is 0 Å². The number of hydrogen-bond acceptors (Lipinski definition) is 4. The molecule has 0 atom stereocenters. The molecule has 0 aliphatic carbocycles. The molecule has 0 radical (unpaired) electrons. The van der Waals surface area contributed by atoms with E-state index in [9.17, 15) is 0 Å². The van der Waals surface area contributed by atoms with E-state index in [2.05, 4.69) is 27.2 Å². The summed E-state index contributed by atoms with van der Waals surface area (Å²) in [5.74, 6) is 0.929. The van der Waals surface area contributed by atoms with Gasteiger partial charge in [0.05, 0.1) is 6.54 Å². The number of H-pyrrole nitrogens is 1. The Morgan fingerprint density at radius 2 is 2.43 bits per heavy atom. The van der Waals surface area contributed by atoms with Crippen molar-refractivity contribution in [3.63, 3.8) is 0 Å². The second-order valence-electron chi connectivity index (χ2n) is 2.87. The Morgan fingerprint density at radius 3 is 3.07 bits per heavy atom. The molecular weight excluding hydrogens is 196 g/mol. The van der Waals surface area contributed by atoms with Crippen LogP contribution in [0.15, 0.2) is 18.6 Å². The van der Waals surface area contributed by atoms with Gasteiger partial charge in [-0.2, -0.15) is 0 Å². The van der Waals surface area contributed by atoms with Crippen LogP contribution in [-0.4, -0.2) is 15.0 Å². The number of nitrogens with one attached hydrogen (secondary N) is 2. The maximum absolute atomic E-state index is 4.25. The molecule has 74 valence electrons. The normalized spacial score (nSPS) is 10.4. The van der Waals surface area contributed by atoms with Gasteiger partial charge in [0, 0.05) is 23.5 Å². The molecular formula is C9H12N4S. The summed E-state index contributed by atoms with van der Waals surface area (Å²) >= 11 is 1.69.